The number of likely N-dealkylation sites (N-methyl/N-ethyl adjacent to an activating group) is 1. The molecule has 0 radical (unpaired) electrons. The highest BCUT2D eigenvalue weighted by atomic mass is 16.2. The molecule has 4 nitrogen and oxygen atoms in total. The number of nitrogens with two attached hydrogens (primary N) is 1. The molecule has 2 amide bonds. The second kappa shape index (κ2) is 4.41. The number of carbonyl (C=O) groups is 2. The van der Waals surface area contributed by atoms with E-state index >= 15 is 0 Å². The van der Waals surface area contributed by atoms with Crippen LogP contribution in [-0.2, 0) is 11.2 Å². The number of fused-ring (bicyclic) bond motifs is 2. The molecule has 3 aliphatic rings. The average molecular weight is 284 g/mol. The number of carbonyl (C=O) groups excluding carboxylic acids is 2. The summed E-state index contributed by atoms with van der Waals surface area (Å²) in [5.41, 5.74) is 8.94. The highest BCUT2D eigenvalue weighted by molar-refractivity contribution is 6.09. The van der Waals surface area contributed by atoms with Gasteiger partial charge in [0.2, 0.25) is 5.91 Å². The standard InChI is InChI=1S/C17H20N2O2/c1-19-15(20)8-9-2-3-10(7-14(9)17(19)21)16(18)13-5-11-4-12(11)6-13/h2-3,7,11-13,16H,4-6,8,18H2,1H3. The average Bonchev–Trinajstić information content (AvgIpc) is 3.10. The summed E-state index contributed by atoms with van der Waals surface area (Å²) in [5.74, 6) is 2.02. The second-order valence-electron chi connectivity index (χ2n) is 6.86. The van der Waals surface area contributed by atoms with Crippen molar-refractivity contribution >= 4 is 11.8 Å². The zero-order valence-corrected chi connectivity index (χ0v) is 12.2. The van der Waals surface area contributed by atoms with E-state index in [1.165, 1.54) is 24.2 Å². The van der Waals surface area contributed by atoms with Gasteiger partial charge in [0, 0.05) is 18.7 Å². The molecular weight excluding hydrogens is 264 g/mol. The predicted molar refractivity (Wildman–Crippen MR) is 78.5 cm³/mol. The summed E-state index contributed by atoms with van der Waals surface area (Å²) in [4.78, 5) is 25.2. The summed E-state index contributed by atoms with van der Waals surface area (Å²) < 4.78 is 0. The molecule has 2 N–H and O–H groups in total. The zero-order valence-electron chi connectivity index (χ0n) is 12.2. The number of nitrogens with zero attached hydrogens (tertiary/aromatic N) is 1. The fourth-order valence-corrected chi connectivity index (χ4v) is 4.06. The molecule has 2 saturated carbocycles. The monoisotopic (exact) mass is 284 g/mol. The van der Waals surface area contributed by atoms with Crippen molar-refractivity contribution in [3.8, 4) is 0 Å². The summed E-state index contributed by atoms with van der Waals surface area (Å²) in [7, 11) is 1.55. The first-order chi connectivity index (χ1) is 10.0. The van der Waals surface area contributed by atoms with E-state index in [1.807, 2.05) is 18.2 Å². The molecular formula is C17H20N2O2. The van der Waals surface area contributed by atoms with Gasteiger partial charge in [0.1, 0.15) is 0 Å². The Morgan fingerprint density at radius 3 is 2.62 bits per heavy atom. The van der Waals surface area contributed by atoms with Crippen molar-refractivity contribution in [3.05, 3.63) is 34.9 Å². The lowest BCUT2D eigenvalue weighted by Crippen LogP contribution is -2.39. The molecule has 3 atom stereocenters. The van der Waals surface area contributed by atoms with Crippen LogP contribution in [0.3, 0.4) is 0 Å². The Morgan fingerprint density at radius 1 is 1.19 bits per heavy atom. The van der Waals surface area contributed by atoms with Crippen LogP contribution in [0.1, 0.15) is 46.8 Å². The molecule has 0 bridgehead atoms. The lowest BCUT2D eigenvalue weighted by molar-refractivity contribution is -0.127. The topological polar surface area (TPSA) is 63.4 Å². The summed E-state index contributed by atoms with van der Waals surface area (Å²) in [6.07, 6.45) is 4.16. The minimum absolute atomic E-state index is 0.0128. The van der Waals surface area contributed by atoms with E-state index < -0.39 is 0 Å². The van der Waals surface area contributed by atoms with Gasteiger partial charge in [0.15, 0.2) is 0 Å². The molecule has 2 fully saturated rings. The maximum absolute atomic E-state index is 12.2. The number of benzene rings is 1. The lowest BCUT2D eigenvalue weighted by Gasteiger charge is -2.26. The van der Waals surface area contributed by atoms with E-state index in [1.54, 1.807) is 7.05 Å². The van der Waals surface area contributed by atoms with Crippen molar-refractivity contribution in [3.63, 3.8) is 0 Å². The second-order valence-corrected chi connectivity index (χ2v) is 6.86. The van der Waals surface area contributed by atoms with Gasteiger partial charge >= 0.3 is 0 Å². The quantitative estimate of drug-likeness (QED) is 0.843. The normalized spacial score (nSPS) is 31.9. The van der Waals surface area contributed by atoms with Crippen LogP contribution in [0.15, 0.2) is 18.2 Å². The SMILES string of the molecule is CN1C(=O)Cc2ccc(C(N)C3CC4CC4C3)cc2C1=O. The van der Waals surface area contributed by atoms with Crippen LogP contribution < -0.4 is 5.73 Å². The first kappa shape index (κ1) is 13.0. The summed E-state index contributed by atoms with van der Waals surface area (Å²) >= 11 is 0. The first-order valence-electron chi connectivity index (χ1n) is 7.74. The molecule has 4 rings (SSSR count). The van der Waals surface area contributed by atoms with Gasteiger partial charge in [-0.15, -0.1) is 0 Å². The van der Waals surface area contributed by atoms with Crippen LogP contribution in [0.5, 0.6) is 0 Å². The van der Waals surface area contributed by atoms with Crippen LogP contribution in [0.25, 0.3) is 0 Å². The third-order valence-corrected chi connectivity index (χ3v) is 5.56. The van der Waals surface area contributed by atoms with Crippen molar-refractivity contribution in [1.29, 1.82) is 0 Å². The van der Waals surface area contributed by atoms with Crippen LogP contribution >= 0.6 is 0 Å². The third kappa shape index (κ3) is 2.01. The largest absolute Gasteiger partial charge is 0.324 e. The Balaban J connectivity index is 1.63. The lowest BCUT2D eigenvalue weighted by atomic mass is 9.87. The number of hydrogen-bond acceptors (Lipinski definition) is 3. The molecule has 1 aromatic carbocycles. The molecule has 0 aromatic heterocycles. The Kier molecular flexibility index (Phi) is 2.73. The van der Waals surface area contributed by atoms with Gasteiger partial charge in [0.25, 0.3) is 5.91 Å². The van der Waals surface area contributed by atoms with Crippen LogP contribution in [-0.4, -0.2) is 23.8 Å². The van der Waals surface area contributed by atoms with Crippen LogP contribution in [0, 0.1) is 17.8 Å². The van der Waals surface area contributed by atoms with E-state index in [2.05, 4.69) is 0 Å². The van der Waals surface area contributed by atoms with E-state index in [-0.39, 0.29) is 17.9 Å². The Bertz CT molecular complexity index is 630. The highest BCUT2D eigenvalue weighted by Gasteiger charge is 2.47. The Morgan fingerprint density at radius 2 is 1.90 bits per heavy atom. The van der Waals surface area contributed by atoms with Gasteiger partial charge < -0.3 is 5.73 Å². The van der Waals surface area contributed by atoms with Crippen LogP contribution in [0.2, 0.25) is 0 Å². The molecule has 1 aromatic rings. The van der Waals surface area contributed by atoms with Crippen molar-refractivity contribution in [2.75, 3.05) is 7.05 Å². The molecule has 3 unspecified atom stereocenters. The Hall–Kier alpha value is -1.68. The summed E-state index contributed by atoms with van der Waals surface area (Å²) in [6, 6.07) is 5.83. The minimum atomic E-state index is -0.204. The van der Waals surface area contributed by atoms with Crippen molar-refractivity contribution < 1.29 is 9.59 Å². The van der Waals surface area contributed by atoms with Gasteiger partial charge in [-0.05, 0) is 54.2 Å². The third-order valence-electron chi connectivity index (χ3n) is 5.56. The van der Waals surface area contributed by atoms with Gasteiger partial charge in [-0.2, -0.15) is 0 Å². The van der Waals surface area contributed by atoms with Gasteiger partial charge in [0.05, 0.1) is 6.42 Å². The molecule has 4 heteroatoms. The first-order valence-corrected chi connectivity index (χ1v) is 7.74. The molecule has 110 valence electrons. The Labute approximate surface area is 124 Å². The number of rotatable bonds is 2. The van der Waals surface area contributed by atoms with Crippen LogP contribution in [0.4, 0.5) is 0 Å². The maximum atomic E-state index is 12.2. The molecule has 2 aliphatic carbocycles. The highest BCUT2D eigenvalue weighted by Crippen LogP contribution is 2.56. The van der Waals surface area contributed by atoms with Gasteiger partial charge in [-0.25, -0.2) is 0 Å². The van der Waals surface area contributed by atoms with E-state index in [0.29, 0.717) is 17.9 Å². The van der Waals surface area contributed by atoms with Gasteiger partial charge in [-0.1, -0.05) is 12.1 Å². The molecule has 0 saturated heterocycles. The van der Waals surface area contributed by atoms with Crippen molar-refractivity contribution in [1.82, 2.24) is 4.90 Å². The smallest absolute Gasteiger partial charge is 0.260 e. The van der Waals surface area contributed by atoms with Gasteiger partial charge in [-0.3, -0.25) is 14.5 Å². The maximum Gasteiger partial charge on any atom is 0.260 e. The molecule has 1 heterocycles. The molecule has 21 heavy (non-hydrogen) atoms. The summed E-state index contributed by atoms with van der Waals surface area (Å²) in [5, 5.41) is 0. The van der Waals surface area contributed by atoms with E-state index in [0.717, 1.165) is 23.0 Å². The number of hydrogen-bond donors (Lipinski definition) is 1. The predicted octanol–water partition coefficient (Wildman–Crippen LogP) is 1.89. The molecule has 0 spiro atoms. The van der Waals surface area contributed by atoms with E-state index in [9.17, 15) is 9.59 Å². The molecule has 1 aliphatic heterocycles. The van der Waals surface area contributed by atoms with Crippen molar-refractivity contribution in [2.24, 2.45) is 23.5 Å². The minimum Gasteiger partial charge on any atom is -0.324 e. The fraction of sp³-hybridized carbons (Fsp3) is 0.529. The van der Waals surface area contributed by atoms with Crippen molar-refractivity contribution in [2.45, 2.75) is 31.7 Å². The fourth-order valence-electron chi connectivity index (χ4n) is 4.06. The summed E-state index contributed by atoms with van der Waals surface area (Å²) in [6.45, 7) is 0. The van der Waals surface area contributed by atoms with E-state index in [4.69, 9.17) is 5.73 Å². The number of amides is 2. The number of imide groups is 1. The zero-order chi connectivity index (χ0) is 14.7.